The molecule has 4 aromatic rings. The van der Waals surface area contributed by atoms with E-state index in [1.165, 1.54) is 0 Å². The molecule has 4 rings (SSSR count). The van der Waals surface area contributed by atoms with Crippen LogP contribution in [0.2, 0.25) is 5.02 Å². The van der Waals surface area contributed by atoms with Gasteiger partial charge in [-0.1, -0.05) is 35.0 Å². The molecule has 0 aliphatic rings. The minimum absolute atomic E-state index is 0.550. The van der Waals surface area contributed by atoms with Gasteiger partial charge in [0.2, 0.25) is 5.88 Å². The highest BCUT2D eigenvalue weighted by molar-refractivity contribution is 6.36. The third-order valence-corrected chi connectivity index (χ3v) is 5.45. The van der Waals surface area contributed by atoms with Crippen LogP contribution in [0.15, 0.2) is 48.7 Å². The summed E-state index contributed by atoms with van der Waals surface area (Å²) in [5.41, 5.74) is 5.86. The zero-order valence-electron chi connectivity index (χ0n) is 16.8. The number of fused-ring (bicyclic) bond motifs is 1. The summed E-state index contributed by atoms with van der Waals surface area (Å²) in [4.78, 5) is 6.76. The maximum Gasteiger partial charge on any atom is 0.218 e. The van der Waals surface area contributed by atoms with Crippen LogP contribution in [0, 0.1) is 0 Å². The number of benzene rings is 2. The number of methoxy groups -OCH3 is 1. The third-order valence-electron chi connectivity index (χ3n) is 5.02. The van der Waals surface area contributed by atoms with Crippen LogP contribution in [0.25, 0.3) is 22.2 Å². The molecule has 0 bridgehead atoms. The van der Waals surface area contributed by atoms with Crippen molar-refractivity contribution in [3.63, 3.8) is 0 Å². The van der Waals surface area contributed by atoms with Crippen LogP contribution < -0.4 is 9.64 Å². The van der Waals surface area contributed by atoms with Gasteiger partial charge in [-0.15, -0.1) is 5.10 Å². The fraction of sp³-hybridized carbons (Fsp3) is 0.227. The monoisotopic (exact) mass is 407 g/mol. The van der Waals surface area contributed by atoms with Gasteiger partial charge in [-0.3, -0.25) is 0 Å². The van der Waals surface area contributed by atoms with Gasteiger partial charge in [0.15, 0.2) is 0 Å². The zero-order valence-corrected chi connectivity index (χ0v) is 17.6. The molecule has 0 fully saturated rings. The highest BCUT2D eigenvalue weighted by Gasteiger charge is 2.16. The molecule has 0 amide bonds. The average molecular weight is 408 g/mol. The predicted molar refractivity (Wildman–Crippen MR) is 117 cm³/mol. The van der Waals surface area contributed by atoms with Crippen molar-refractivity contribution in [2.45, 2.75) is 6.42 Å². The summed E-state index contributed by atoms with van der Waals surface area (Å²) in [6.45, 7) is 0. The minimum Gasteiger partial charge on any atom is -0.481 e. The van der Waals surface area contributed by atoms with Gasteiger partial charge in [0.05, 0.1) is 29.5 Å². The Labute approximate surface area is 174 Å². The highest BCUT2D eigenvalue weighted by atomic mass is 35.5. The Hall–Kier alpha value is -3.12. The number of ether oxygens (including phenoxy) is 1. The molecule has 0 aliphatic carbocycles. The van der Waals surface area contributed by atoms with Crippen LogP contribution in [0.4, 0.5) is 5.69 Å². The van der Waals surface area contributed by atoms with Gasteiger partial charge in [-0.25, -0.2) is 9.67 Å². The molecule has 0 spiro atoms. The number of anilines is 1. The molecule has 0 saturated carbocycles. The van der Waals surface area contributed by atoms with Gasteiger partial charge in [0.1, 0.15) is 0 Å². The Morgan fingerprint density at radius 3 is 2.48 bits per heavy atom. The zero-order chi connectivity index (χ0) is 20.5. The number of rotatable bonds is 5. The van der Waals surface area contributed by atoms with Gasteiger partial charge >= 0.3 is 0 Å². The average Bonchev–Trinajstić information content (AvgIpc) is 3.16. The molecule has 0 radical (unpaired) electrons. The molecule has 148 valence electrons. The van der Waals surface area contributed by atoms with Crippen LogP contribution in [-0.2, 0) is 13.5 Å². The molecule has 2 aromatic heterocycles. The van der Waals surface area contributed by atoms with E-state index in [1.54, 1.807) is 18.0 Å². The molecule has 0 N–H and O–H groups in total. The van der Waals surface area contributed by atoms with Crippen molar-refractivity contribution in [1.82, 2.24) is 20.0 Å². The van der Waals surface area contributed by atoms with Gasteiger partial charge in [-0.05, 0) is 29.8 Å². The van der Waals surface area contributed by atoms with Crippen LogP contribution >= 0.6 is 11.6 Å². The largest absolute Gasteiger partial charge is 0.481 e. The summed E-state index contributed by atoms with van der Waals surface area (Å²) in [5, 5.41) is 9.51. The van der Waals surface area contributed by atoms with E-state index in [-0.39, 0.29) is 0 Å². The Morgan fingerprint density at radius 2 is 1.86 bits per heavy atom. The molecule has 2 heterocycles. The van der Waals surface area contributed by atoms with Crippen LogP contribution in [0.5, 0.6) is 5.88 Å². The van der Waals surface area contributed by atoms with Crippen LogP contribution in [0.3, 0.4) is 0 Å². The normalized spacial score (nSPS) is 11.1. The first kappa shape index (κ1) is 19.2. The Bertz CT molecular complexity index is 1170. The lowest BCUT2D eigenvalue weighted by Crippen LogP contribution is -2.08. The van der Waals surface area contributed by atoms with Crippen molar-refractivity contribution in [2.75, 3.05) is 26.1 Å². The molecule has 2 aromatic carbocycles. The maximum absolute atomic E-state index is 6.86. The summed E-state index contributed by atoms with van der Waals surface area (Å²) in [7, 11) is 7.54. The molecule has 0 saturated heterocycles. The van der Waals surface area contributed by atoms with Crippen molar-refractivity contribution in [1.29, 1.82) is 0 Å². The Balaban J connectivity index is 1.79. The fourth-order valence-electron chi connectivity index (χ4n) is 3.39. The number of halogens is 1. The summed E-state index contributed by atoms with van der Waals surface area (Å²) in [6.07, 6.45) is 2.37. The second kappa shape index (κ2) is 7.72. The van der Waals surface area contributed by atoms with Crippen molar-refractivity contribution >= 4 is 28.2 Å². The molecule has 0 atom stereocenters. The van der Waals surface area contributed by atoms with Crippen molar-refractivity contribution < 1.29 is 4.74 Å². The Kier molecular flexibility index (Phi) is 5.11. The summed E-state index contributed by atoms with van der Waals surface area (Å²) >= 11 is 6.86. The SMILES string of the molecule is COc1nc2ccc(-c3cnnn3C)cc2c(Cl)c1Cc1ccc(N(C)C)cc1. The second-order valence-electron chi connectivity index (χ2n) is 7.13. The minimum atomic E-state index is 0.550. The molecule has 29 heavy (non-hydrogen) atoms. The molecule has 0 unspecified atom stereocenters. The molecule has 7 heteroatoms. The van der Waals surface area contributed by atoms with E-state index in [2.05, 4.69) is 44.5 Å². The van der Waals surface area contributed by atoms with E-state index in [1.807, 2.05) is 39.3 Å². The predicted octanol–water partition coefficient (Wildman–Crippen LogP) is 4.35. The van der Waals surface area contributed by atoms with E-state index < -0.39 is 0 Å². The van der Waals surface area contributed by atoms with Gasteiger partial charge in [0.25, 0.3) is 0 Å². The number of pyridine rings is 1. The number of hydrogen-bond donors (Lipinski definition) is 0. The lowest BCUT2D eigenvalue weighted by atomic mass is 10.0. The topological polar surface area (TPSA) is 56.1 Å². The van der Waals surface area contributed by atoms with Crippen molar-refractivity contribution in [3.8, 4) is 17.1 Å². The lowest BCUT2D eigenvalue weighted by molar-refractivity contribution is 0.395. The number of aryl methyl sites for hydroxylation is 1. The number of nitrogens with zero attached hydrogens (tertiary/aromatic N) is 5. The van der Waals surface area contributed by atoms with E-state index >= 15 is 0 Å². The first-order valence-electron chi connectivity index (χ1n) is 9.25. The standard InChI is InChI=1S/C22H22ClN5O/c1-27(2)16-8-5-14(6-9-16)11-18-21(23)17-12-15(20-13-24-26-28(20)3)7-10-19(17)25-22(18)29-4/h5-10,12-13H,11H2,1-4H3. The quantitative estimate of drug-likeness (QED) is 0.492. The highest BCUT2D eigenvalue weighted by Crippen LogP contribution is 2.36. The van der Waals surface area contributed by atoms with E-state index in [4.69, 9.17) is 16.3 Å². The van der Waals surface area contributed by atoms with E-state index in [0.29, 0.717) is 17.3 Å². The number of aromatic nitrogens is 4. The third kappa shape index (κ3) is 3.63. The summed E-state index contributed by atoms with van der Waals surface area (Å²) < 4.78 is 7.30. The van der Waals surface area contributed by atoms with Crippen LogP contribution in [-0.4, -0.2) is 41.2 Å². The lowest BCUT2D eigenvalue weighted by Gasteiger charge is -2.15. The summed E-state index contributed by atoms with van der Waals surface area (Å²) in [5.74, 6) is 0.550. The molecule has 6 nitrogen and oxygen atoms in total. The van der Waals surface area contributed by atoms with E-state index in [0.717, 1.165) is 39.0 Å². The smallest absolute Gasteiger partial charge is 0.218 e. The van der Waals surface area contributed by atoms with Gasteiger partial charge < -0.3 is 9.64 Å². The second-order valence-corrected chi connectivity index (χ2v) is 7.50. The fourth-order valence-corrected chi connectivity index (χ4v) is 3.69. The van der Waals surface area contributed by atoms with Gasteiger partial charge in [0, 0.05) is 49.8 Å². The molecular formula is C22H22ClN5O. The molecular weight excluding hydrogens is 386 g/mol. The first-order chi connectivity index (χ1) is 14.0. The van der Waals surface area contributed by atoms with Crippen molar-refractivity contribution in [3.05, 3.63) is 64.8 Å². The van der Waals surface area contributed by atoms with Crippen molar-refractivity contribution in [2.24, 2.45) is 7.05 Å². The van der Waals surface area contributed by atoms with Gasteiger partial charge in [-0.2, -0.15) is 0 Å². The first-order valence-corrected chi connectivity index (χ1v) is 9.63. The van der Waals surface area contributed by atoms with Crippen LogP contribution in [0.1, 0.15) is 11.1 Å². The Morgan fingerprint density at radius 1 is 1.10 bits per heavy atom. The number of hydrogen-bond acceptors (Lipinski definition) is 5. The summed E-state index contributed by atoms with van der Waals surface area (Å²) in [6, 6.07) is 14.4. The van der Waals surface area contributed by atoms with E-state index in [9.17, 15) is 0 Å². The maximum atomic E-state index is 6.86. The molecule has 0 aliphatic heterocycles.